The molecule has 9 nitrogen and oxygen atoms in total. The minimum absolute atomic E-state index is 0.0814. The van der Waals surface area contributed by atoms with Crippen LogP contribution in [-0.4, -0.2) is 49.7 Å². The average molecular weight is 465 g/mol. The molecular formula is C22H32N4O5S. The van der Waals surface area contributed by atoms with Gasteiger partial charge in [0.2, 0.25) is 10.0 Å². The molecule has 2 aliphatic carbocycles. The molecule has 10 heteroatoms. The van der Waals surface area contributed by atoms with Crippen LogP contribution < -0.4 is 5.43 Å². The second kappa shape index (κ2) is 10.3. The van der Waals surface area contributed by atoms with E-state index in [9.17, 15) is 18.5 Å². The number of ether oxygens (including phenoxy) is 1. The van der Waals surface area contributed by atoms with Crippen LogP contribution in [0.25, 0.3) is 0 Å². The summed E-state index contributed by atoms with van der Waals surface area (Å²) < 4.78 is 32.3. The summed E-state index contributed by atoms with van der Waals surface area (Å²) in [7, 11) is -3.81. The fraction of sp³-hybridized carbons (Fsp3) is 0.682. The third-order valence-electron chi connectivity index (χ3n) is 6.94. The first-order valence-corrected chi connectivity index (χ1v) is 13.1. The van der Waals surface area contributed by atoms with E-state index in [2.05, 4.69) is 10.5 Å². The number of rotatable bonds is 6. The Morgan fingerprint density at radius 3 is 2.50 bits per heavy atom. The molecule has 1 atom stereocenters. The van der Waals surface area contributed by atoms with Gasteiger partial charge in [-0.1, -0.05) is 25.7 Å². The monoisotopic (exact) mass is 464 g/mol. The van der Waals surface area contributed by atoms with Gasteiger partial charge >= 0.3 is 0 Å². The third-order valence-corrected chi connectivity index (χ3v) is 8.83. The van der Waals surface area contributed by atoms with Gasteiger partial charge < -0.3 is 4.74 Å². The molecule has 1 saturated heterocycles. The zero-order chi connectivity index (χ0) is 22.6. The van der Waals surface area contributed by atoms with E-state index in [1.807, 2.05) is 0 Å². The molecule has 1 aliphatic heterocycles. The van der Waals surface area contributed by atoms with Crippen molar-refractivity contribution >= 4 is 27.1 Å². The maximum atomic E-state index is 12.9. The zero-order valence-corrected chi connectivity index (χ0v) is 19.2. The molecule has 1 unspecified atom stereocenters. The Morgan fingerprint density at radius 1 is 1.06 bits per heavy atom. The van der Waals surface area contributed by atoms with Crippen molar-refractivity contribution in [2.24, 2.45) is 16.9 Å². The van der Waals surface area contributed by atoms with Gasteiger partial charge in [-0.25, -0.2) is 8.42 Å². The number of nitrogens with one attached hydrogen (secondary N) is 1. The smallest absolute Gasteiger partial charge is 0.295 e. The molecule has 0 amide bonds. The second-order valence-corrected chi connectivity index (χ2v) is 10.9. The molecule has 0 spiro atoms. The fourth-order valence-electron chi connectivity index (χ4n) is 5.19. The zero-order valence-electron chi connectivity index (χ0n) is 18.4. The number of benzene rings is 1. The lowest BCUT2D eigenvalue weighted by Gasteiger charge is -2.34. The molecule has 1 aromatic carbocycles. The molecule has 2 saturated carbocycles. The lowest BCUT2D eigenvalue weighted by Crippen LogP contribution is -2.40. The number of hydrazone groups is 1. The van der Waals surface area contributed by atoms with Crippen molar-refractivity contribution in [2.75, 3.05) is 31.7 Å². The van der Waals surface area contributed by atoms with Crippen molar-refractivity contribution in [1.29, 1.82) is 0 Å². The minimum Gasteiger partial charge on any atom is -0.379 e. The highest BCUT2D eigenvalue weighted by Crippen LogP contribution is 2.37. The first-order chi connectivity index (χ1) is 15.5. The van der Waals surface area contributed by atoms with Gasteiger partial charge in [0.05, 0.1) is 23.0 Å². The van der Waals surface area contributed by atoms with Gasteiger partial charge in [0, 0.05) is 30.8 Å². The second-order valence-electron chi connectivity index (χ2n) is 8.92. The molecule has 32 heavy (non-hydrogen) atoms. The quantitative estimate of drug-likeness (QED) is 0.500. The van der Waals surface area contributed by atoms with Gasteiger partial charge in [0.15, 0.2) is 0 Å². The molecule has 4 rings (SSSR count). The summed E-state index contributed by atoms with van der Waals surface area (Å²) in [5.41, 5.74) is 3.94. The minimum atomic E-state index is -3.81. The summed E-state index contributed by atoms with van der Waals surface area (Å²) in [5.74, 6) is 1.09. The molecule has 1 heterocycles. The number of sulfonamides is 1. The van der Waals surface area contributed by atoms with Crippen LogP contribution in [0.2, 0.25) is 0 Å². The van der Waals surface area contributed by atoms with Crippen LogP contribution >= 0.6 is 0 Å². The summed E-state index contributed by atoms with van der Waals surface area (Å²) in [6.45, 7) is 1.12. The SMILES string of the molecule is O=[N+]([O-])c1cc(S(=O)(=O)N2CCOCC2)ccc1N/N=C1/CCCCC1C1CCCCC1. The van der Waals surface area contributed by atoms with E-state index in [1.54, 1.807) is 0 Å². The van der Waals surface area contributed by atoms with E-state index in [0.717, 1.165) is 31.0 Å². The summed E-state index contributed by atoms with van der Waals surface area (Å²) in [6.07, 6.45) is 10.6. The largest absolute Gasteiger partial charge is 0.379 e. The van der Waals surface area contributed by atoms with Gasteiger partial charge in [-0.15, -0.1) is 0 Å². The Kier molecular flexibility index (Phi) is 7.42. The number of nitrogens with zero attached hydrogens (tertiary/aromatic N) is 3. The average Bonchev–Trinajstić information content (AvgIpc) is 2.84. The molecule has 3 aliphatic rings. The Balaban J connectivity index is 1.56. The maximum Gasteiger partial charge on any atom is 0.295 e. The van der Waals surface area contributed by atoms with Gasteiger partial charge in [-0.3, -0.25) is 15.5 Å². The number of anilines is 1. The van der Waals surface area contributed by atoms with E-state index >= 15 is 0 Å². The van der Waals surface area contributed by atoms with Crippen molar-refractivity contribution < 1.29 is 18.1 Å². The van der Waals surface area contributed by atoms with Crippen LogP contribution in [0.15, 0.2) is 28.2 Å². The highest BCUT2D eigenvalue weighted by molar-refractivity contribution is 7.89. The van der Waals surface area contributed by atoms with Crippen molar-refractivity contribution in [3.05, 3.63) is 28.3 Å². The number of hydrogen-bond acceptors (Lipinski definition) is 7. The molecule has 0 aromatic heterocycles. The maximum absolute atomic E-state index is 12.9. The van der Waals surface area contributed by atoms with Crippen LogP contribution in [0.4, 0.5) is 11.4 Å². The Labute approximate surface area is 189 Å². The highest BCUT2D eigenvalue weighted by Gasteiger charge is 2.31. The Morgan fingerprint density at radius 2 is 1.78 bits per heavy atom. The van der Waals surface area contributed by atoms with Crippen LogP contribution in [0, 0.1) is 22.0 Å². The third kappa shape index (κ3) is 5.13. The Hall–Kier alpha value is -2.04. The Bertz CT molecular complexity index is 953. The van der Waals surface area contributed by atoms with Crippen LogP contribution in [0.5, 0.6) is 0 Å². The number of nitro groups is 1. The van der Waals surface area contributed by atoms with E-state index in [-0.39, 0.29) is 29.4 Å². The van der Waals surface area contributed by atoms with Crippen molar-refractivity contribution in [1.82, 2.24) is 4.31 Å². The highest BCUT2D eigenvalue weighted by atomic mass is 32.2. The molecular weight excluding hydrogens is 432 g/mol. The summed E-state index contributed by atoms with van der Waals surface area (Å²) in [6, 6.07) is 4.00. The van der Waals surface area contributed by atoms with E-state index in [1.165, 1.54) is 55.0 Å². The molecule has 0 radical (unpaired) electrons. The number of nitro benzene ring substituents is 1. The van der Waals surface area contributed by atoms with Gasteiger partial charge in [-0.05, 0) is 50.2 Å². The fourth-order valence-corrected chi connectivity index (χ4v) is 6.62. The van der Waals surface area contributed by atoms with Crippen LogP contribution in [0.1, 0.15) is 57.8 Å². The van der Waals surface area contributed by atoms with Gasteiger partial charge in [-0.2, -0.15) is 9.41 Å². The summed E-state index contributed by atoms with van der Waals surface area (Å²) in [5, 5.41) is 16.3. The lowest BCUT2D eigenvalue weighted by atomic mass is 9.72. The standard InChI is InChI=1S/C22H32N4O5S/c27-26(28)22-16-18(32(29,30)25-12-14-31-15-13-25)10-11-21(22)24-23-20-9-5-4-8-19(20)17-6-2-1-3-7-17/h10-11,16-17,19,24H,1-9,12-15H2/b23-20-. The van der Waals surface area contributed by atoms with Crippen molar-refractivity contribution in [2.45, 2.75) is 62.7 Å². The predicted octanol–water partition coefficient (Wildman–Crippen LogP) is 4.15. The topological polar surface area (TPSA) is 114 Å². The van der Waals surface area contributed by atoms with Gasteiger partial charge in [0.25, 0.3) is 5.69 Å². The molecule has 1 aromatic rings. The number of morpholine rings is 1. The first kappa shape index (κ1) is 23.1. The number of hydrogen-bond donors (Lipinski definition) is 1. The predicted molar refractivity (Wildman–Crippen MR) is 122 cm³/mol. The van der Waals surface area contributed by atoms with Crippen molar-refractivity contribution in [3.8, 4) is 0 Å². The van der Waals surface area contributed by atoms with E-state index in [4.69, 9.17) is 4.74 Å². The van der Waals surface area contributed by atoms with Crippen LogP contribution in [0.3, 0.4) is 0 Å². The molecule has 1 N–H and O–H groups in total. The van der Waals surface area contributed by atoms with Crippen molar-refractivity contribution in [3.63, 3.8) is 0 Å². The van der Waals surface area contributed by atoms with E-state index in [0.29, 0.717) is 25.0 Å². The molecule has 176 valence electrons. The summed E-state index contributed by atoms with van der Waals surface area (Å²) in [4.78, 5) is 11.1. The van der Waals surface area contributed by atoms with Gasteiger partial charge in [0.1, 0.15) is 5.69 Å². The first-order valence-electron chi connectivity index (χ1n) is 11.7. The molecule has 3 fully saturated rings. The van der Waals surface area contributed by atoms with Crippen LogP contribution in [-0.2, 0) is 14.8 Å². The normalized spacial score (nSPS) is 25.0. The van der Waals surface area contributed by atoms with E-state index < -0.39 is 14.9 Å². The summed E-state index contributed by atoms with van der Waals surface area (Å²) >= 11 is 0. The molecule has 0 bridgehead atoms. The lowest BCUT2D eigenvalue weighted by molar-refractivity contribution is -0.384.